The van der Waals surface area contributed by atoms with Crippen LogP contribution in [0.3, 0.4) is 0 Å². The molecule has 0 radical (unpaired) electrons. The molecule has 9 rings (SSSR count). The molecule has 3 aromatic carbocycles. The normalized spacial score (nSPS) is 17.0. The summed E-state index contributed by atoms with van der Waals surface area (Å²) in [7, 11) is 0. The number of fused-ring (bicyclic) bond motifs is 2. The Hall–Kier alpha value is -7.66. The van der Waals surface area contributed by atoms with E-state index in [2.05, 4.69) is 25.6 Å². The van der Waals surface area contributed by atoms with Crippen LogP contribution in [-0.2, 0) is 35.1 Å². The molecule has 2 unspecified atom stereocenters. The lowest BCUT2D eigenvalue weighted by Gasteiger charge is -2.32. The molecule has 22 nitrogen and oxygen atoms in total. The fraction of sp³-hybridized carbons (Fsp3) is 0.375. The highest BCUT2D eigenvalue weighted by Gasteiger charge is 2.46. The molecule has 0 bridgehead atoms. The Labute approximate surface area is 400 Å². The standard InChI is InChI=1S/C48H51N11O11/c49-43-41-42(31-11-13-34(14-12-31)70-33-7-2-1-3-8-33)54-59(44(41)51-30-50-43)32-6-5-17-56(28-32)47(63)36-29-57(55-53-36)18-19-65-20-21-66-22-23-67-24-25-68-26-27-69-38-10-4-9-35-40(38)48(64)58(46(35)62)37-15-16-39(60)52-45(37)61/h1-4,7-14,29-30,32,37H,5-6,15-28H2,(H2,49,50,51)(H,52,60,61). The molecule has 2 saturated heterocycles. The number of imide groups is 2. The minimum absolute atomic E-state index is 0.0370. The first-order valence-electron chi connectivity index (χ1n) is 23.0. The van der Waals surface area contributed by atoms with Crippen LogP contribution in [0.25, 0.3) is 22.3 Å². The number of rotatable bonds is 22. The van der Waals surface area contributed by atoms with Crippen LogP contribution in [0.5, 0.6) is 17.2 Å². The predicted molar refractivity (Wildman–Crippen MR) is 248 cm³/mol. The third kappa shape index (κ3) is 10.8. The average molecular weight is 958 g/mol. The molecule has 0 saturated carbocycles. The van der Waals surface area contributed by atoms with Crippen molar-refractivity contribution < 1.29 is 52.4 Å². The van der Waals surface area contributed by atoms with Crippen LogP contribution in [0, 0.1) is 0 Å². The van der Waals surface area contributed by atoms with Crippen molar-refractivity contribution in [3.05, 3.63) is 102 Å². The molecule has 6 aromatic rings. The second kappa shape index (κ2) is 22.2. The van der Waals surface area contributed by atoms with Gasteiger partial charge in [0.15, 0.2) is 11.3 Å². The van der Waals surface area contributed by atoms with Gasteiger partial charge in [0.05, 0.1) is 88.2 Å². The molecule has 22 heteroatoms. The number of hydrogen-bond donors (Lipinski definition) is 2. The average Bonchev–Trinajstić information content (AvgIpc) is 4.08. The summed E-state index contributed by atoms with van der Waals surface area (Å²) in [5, 5.41) is 16.2. The van der Waals surface area contributed by atoms with Crippen LogP contribution in [0.15, 0.2) is 85.3 Å². The number of likely N-dealkylation sites (tertiary alicyclic amines) is 1. The van der Waals surface area contributed by atoms with Gasteiger partial charge >= 0.3 is 0 Å². The zero-order valence-corrected chi connectivity index (χ0v) is 38.1. The van der Waals surface area contributed by atoms with Crippen molar-refractivity contribution in [3.8, 4) is 28.5 Å². The van der Waals surface area contributed by atoms with Gasteiger partial charge in [-0.1, -0.05) is 29.5 Å². The van der Waals surface area contributed by atoms with E-state index in [1.54, 1.807) is 27.9 Å². The maximum atomic E-state index is 13.7. The van der Waals surface area contributed by atoms with E-state index in [-0.39, 0.29) is 60.6 Å². The minimum atomic E-state index is -1.06. The van der Waals surface area contributed by atoms with Gasteiger partial charge in [-0.3, -0.25) is 34.2 Å². The first-order valence-corrected chi connectivity index (χ1v) is 23.0. The van der Waals surface area contributed by atoms with Gasteiger partial charge in [0, 0.05) is 25.1 Å². The Kier molecular flexibility index (Phi) is 15.0. The van der Waals surface area contributed by atoms with Crippen LogP contribution in [-0.4, -0.2) is 153 Å². The van der Waals surface area contributed by atoms with E-state index in [0.29, 0.717) is 94.2 Å². The van der Waals surface area contributed by atoms with E-state index in [1.165, 1.54) is 12.4 Å². The number of benzene rings is 3. The van der Waals surface area contributed by atoms with Crippen molar-refractivity contribution in [2.45, 2.75) is 44.3 Å². The number of ether oxygens (including phenoxy) is 6. The highest BCUT2D eigenvalue weighted by molar-refractivity contribution is 6.24. The molecule has 3 N–H and O–H groups in total. The van der Waals surface area contributed by atoms with E-state index in [9.17, 15) is 24.0 Å². The molecule has 5 amide bonds. The van der Waals surface area contributed by atoms with Gasteiger partial charge in [-0.05, 0) is 67.8 Å². The quantitative estimate of drug-likeness (QED) is 0.0729. The summed E-state index contributed by atoms with van der Waals surface area (Å²) in [5.41, 5.74) is 8.95. The smallest absolute Gasteiger partial charge is 0.276 e. The van der Waals surface area contributed by atoms with Gasteiger partial charge < -0.3 is 39.1 Å². The van der Waals surface area contributed by atoms with Crippen LogP contribution < -0.4 is 20.5 Å². The summed E-state index contributed by atoms with van der Waals surface area (Å²) < 4.78 is 37.6. The van der Waals surface area contributed by atoms with Gasteiger partial charge in [-0.15, -0.1) is 5.10 Å². The van der Waals surface area contributed by atoms with E-state index in [4.69, 9.17) is 39.3 Å². The van der Waals surface area contributed by atoms with Gasteiger partial charge in [0.2, 0.25) is 11.8 Å². The Bertz CT molecular complexity index is 2840. The number of nitrogens with one attached hydrogen (secondary N) is 1. The summed E-state index contributed by atoms with van der Waals surface area (Å²) in [4.78, 5) is 75.3. The number of nitrogens with zero attached hydrogens (tertiary/aromatic N) is 9. The minimum Gasteiger partial charge on any atom is -0.490 e. The summed E-state index contributed by atoms with van der Waals surface area (Å²) >= 11 is 0. The number of amides is 5. The summed E-state index contributed by atoms with van der Waals surface area (Å²) in [6.07, 6.45) is 4.70. The lowest BCUT2D eigenvalue weighted by Crippen LogP contribution is -2.54. The number of aromatic nitrogens is 7. The molecular weight excluding hydrogens is 907 g/mol. The summed E-state index contributed by atoms with van der Waals surface area (Å²) in [6, 6.07) is 20.6. The summed E-state index contributed by atoms with van der Waals surface area (Å²) in [5.74, 6) is -0.622. The molecule has 2 fully saturated rings. The SMILES string of the molecule is Nc1ncnc2c1c(-c1ccc(Oc3ccccc3)cc1)nn2C1CCCN(C(=O)c2cn(CCOCCOCCOCCOCCOc3cccc4c3C(=O)N(C3CCC(=O)NC3=O)C4=O)nn2)C1. The zero-order chi connectivity index (χ0) is 48.4. The van der Waals surface area contributed by atoms with Crippen molar-refractivity contribution in [2.75, 3.05) is 78.3 Å². The van der Waals surface area contributed by atoms with Crippen molar-refractivity contribution >= 4 is 46.4 Å². The topological polar surface area (TPSA) is 260 Å². The highest BCUT2D eigenvalue weighted by atomic mass is 16.6. The van der Waals surface area contributed by atoms with Crippen LogP contribution >= 0.6 is 0 Å². The molecule has 3 aromatic heterocycles. The molecule has 3 aliphatic heterocycles. The lowest BCUT2D eigenvalue weighted by atomic mass is 10.0. The van der Waals surface area contributed by atoms with E-state index < -0.39 is 29.7 Å². The molecule has 0 aliphatic carbocycles. The van der Waals surface area contributed by atoms with Crippen LogP contribution in [0.1, 0.15) is 62.9 Å². The second-order valence-corrected chi connectivity index (χ2v) is 16.5. The Morgan fingerprint density at radius 1 is 0.771 bits per heavy atom. The van der Waals surface area contributed by atoms with Crippen molar-refractivity contribution in [3.63, 3.8) is 0 Å². The molecule has 3 aliphatic rings. The number of carbonyl (C=O) groups excluding carboxylic acids is 5. The molecule has 70 heavy (non-hydrogen) atoms. The number of piperidine rings is 2. The number of nitrogen functional groups attached to an aromatic ring is 1. The van der Waals surface area contributed by atoms with Gasteiger partial charge in [-0.25, -0.2) is 19.3 Å². The van der Waals surface area contributed by atoms with Crippen molar-refractivity contribution in [1.29, 1.82) is 0 Å². The van der Waals surface area contributed by atoms with E-state index in [1.807, 2.05) is 59.3 Å². The Balaban J connectivity index is 0.642. The van der Waals surface area contributed by atoms with Crippen LogP contribution in [0.2, 0.25) is 0 Å². The maximum absolute atomic E-state index is 13.7. The molecule has 6 heterocycles. The molecule has 2 atom stereocenters. The first-order chi connectivity index (χ1) is 34.2. The predicted octanol–water partition coefficient (Wildman–Crippen LogP) is 3.48. The molecule has 364 valence electrons. The fourth-order valence-electron chi connectivity index (χ4n) is 8.50. The Morgan fingerprint density at radius 2 is 1.49 bits per heavy atom. The van der Waals surface area contributed by atoms with Crippen molar-refractivity contribution in [2.24, 2.45) is 0 Å². The lowest BCUT2D eigenvalue weighted by molar-refractivity contribution is -0.136. The largest absolute Gasteiger partial charge is 0.490 e. The molecule has 0 spiro atoms. The third-order valence-electron chi connectivity index (χ3n) is 11.9. The van der Waals surface area contributed by atoms with E-state index >= 15 is 0 Å². The maximum Gasteiger partial charge on any atom is 0.276 e. The monoisotopic (exact) mass is 957 g/mol. The number of hydrogen-bond acceptors (Lipinski definition) is 17. The highest BCUT2D eigenvalue weighted by Crippen LogP contribution is 2.36. The van der Waals surface area contributed by atoms with Crippen LogP contribution in [0.4, 0.5) is 5.82 Å². The van der Waals surface area contributed by atoms with Gasteiger partial charge in [-0.2, -0.15) is 5.10 Å². The fourth-order valence-corrected chi connectivity index (χ4v) is 8.50. The van der Waals surface area contributed by atoms with E-state index in [0.717, 1.165) is 29.1 Å². The third-order valence-corrected chi connectivity index (χ3v) is 11.9. The first kappa shape index (κ1) is 47.4. The summed E-state index contributed by atoms with van der Waals surface area (Å²) in [6.45, 7) is 4.07. The number of nitrogens with two attached hydrogens (primary N) is 1. The van der Waals surface area contributed by atoms with Gasteiger partial charge in [0.25, 0.3) is 17.7 Å². The molecular formula is C48H51N11O11. The Morgan fingerprint density at radius 3 is 2.23 bits per heavy atom. The zero-order valence-electron chi connectivity index (χ0n) is 38.1. The van der Waals surface area contributed by atoms with Gasteiger partial charge in [0.1, 0.15) is 47.7 Å². The number of carbonyl (C=O) groups is 5. The second-order valence-electron chi connectivity index (χ2n) is 16.5. The number of para-hydroxylation sites is 1. The van der Waals surface area contributed by atoms with Crippen molar-refractivity contribution in [1.82, 2.24) is 49.9 Å². The number of anilines is 1.